The van der Waals surface area contributed by atoms with Gasteiger partial charge in [-0.1, -0.05) is 24.3 Å². The number of piperidine rings is 1. The molecule has 1 saturated heterocycles. The average Bonchev–Trinajstić information content (AvgIpc) is 3.06. The van der Waals surface area contributed by atoms with Crippen LogP contribution in [-0.2, 0) is 4.79 Å². The molecule has 4 nitrogen and oxygen atoms in total. The summed E-state index contributed by atoms with van der Waals surface area (Å²) in [7, 11) is 0. The number of nitrogens with zero attached hydrogens (tertiary/aromatic N) is 1. The second-order valence-electron chi connectivity index (χ2n) is 6.71. The fourth-order valence-electron chi connectivity index (χ4n) is 3.70. The average molecular weight is 414 g/mol. The number of hydrogen-bond acceptors (Lipinski definition) is 4. The Kier molecular flexibility index (Phi) is 7.89. The predicted molar refractivity (Wildman–Crippen MR) is 113 cm³/mol. The van der Waals surface area contributed by atoms with Crippen LogP contribution in [0, 0.1) is 5.92 Å². The van der Waals surface area contributed by atoms with Crippen molar-refractivity contribution in [2.45, 2.75) is 37.6 Å². The van der Waals surface area contributed by atoms with Gasteiger partial charge in [-0.25, -0.2) is 4.98 Å². The van der Waals surface area contributed by atoms with E-state index in [1.807, 2.05) is 12.1 Å². The van der Waals surface area contributed by atoms with Crippen LogP contribution < -0.4 is 10.6 Å². The number of fused-ring (bicyclic) bond motifs is 1. The van der Waals surface area contributed by atoms with Crippen molar-refractivity contribution in [1.82, 2.24) is 15.6 Å². The van der Waals surface area contributed by atoms with Crippen molar-refractivity contribution in [2.75, 3.05) is 13.1 Å². The molecule has 0 radical (unpaired) electrons. The Morgan fingerprint density at radius 2 is 1.85 bits per heavy atom. The van der Waals surface area contributed by atoms with Crippen molar-refractivity contribution in [3.05, 3.63) is 41.4 Å². The molecule has 0 bridgehead atoms. The largest absolute Gasteiger partial charge is 0.353 e. The summed E-state index contributed by atoms with van der Waals surface area (Å²) in [5, 5.41) is 7.74. The number of rotatable bonds is 3. The van der Waals surface area contributed by atoms with Crippen LogP contribution in [0.1, 0.15) is 36.6 Å². The summed E-state index contributed by atoms with van der Waals surface area (Å²) in [6, 6.07) is 8.55. The summed E-state index contributed by atoms with van der Waals surface area (Å²) in [6.45, 7) is 1.99. The first kappa shape index (κ1) is 21.2. The van der Waals surface area contributed by atoms with Gasteiger partial charge < -0.3 is 10.6 Å². The molecule has 1 aromatic heterocycles. The van der Waals surface area contributed by atoms with E-state index in [9.17, 15) is 4.79 Å². The van der Waals surface area contributed by atoms with Gasteiger partial charge in [0.2, 0.25) is 5.91 Å². The number of para-hydroxylation sites is 1. The Morgan fingerprint density at radius 3 is 2.62 bits per heavy atom. The molecule has 4 rings (SSSR count). The van der Waals surface area contributed by atoms with Gasteiger partial charge in [-0.3, -0.25) is 4.79 Å². The summed E-state index contributed by atoms with van der Waals surface area (Å²) >= 11 is 1.74. The second kappa shape index (κ2) is 9.70. The number of carbonyl (C=O) groups is 1. The van der Waals surface area contributed by atoms with Crippen molar-refractivity contribution in [3.63, 3.8) is 0 Å². The highest BCUT2D eigenvalue weighted by Crippen LogP contribution is 2.38. The molecule has 1 fully saturated rings. The first-order chi connectivity index (χ1) is 11.8. The quantitative estimate of drug-likeness (QED) is 0.745. The monoisotopic (exact) mass is 413 g/mol. The molecule has 2 aromatic rings. The van der Waals surface area contributed by atoms with E-state index >= 15 is 0 Å². The molecule has 0 saturated carbocycles. The van der Waals surface area contributed by atoms with Crippen LogP contribution in [0.2, 0.25) is 0 Å². The summed E-state index contributed by atoms with van der Waals surface area (Å²) in [4.78, 5) is 17.7. The predicted octanol–water partition coefficient (Wildman–Crippen LogP) is 4.06. The number of benzene rings is 1. The van der Waals surface area contributed by atoms with Gasteiger partial charge in [-0.15, -0.1) is 36.2 Å². The van der Waals surface area contributed by atoms with Gasteiger partial charge in [0.15, 0.2) is 0 Å². The van der Waals surface area contributed by atoms with Crippen LogP contribution in [0.4, 0.5) is 0 Å². The maximum Gasteiger partial charge on any atom is 0.224 e. The van der Waals surface area contributed by atoms with Crippen molar-refractivity contribution in [2.24, 2.45) is 5.92 Å². The fourth-order valence-corrected chi connectivity index (χ4v) is 4.85. The molecule has 2 heterocycles. The van der Waals surface area contributed by atoms with Crippen LogP contribution in [0.15, 0.2) is 36.4 Å². The summed E-state index contributed by atoms with van der Waals surface area (Å²) in [6.07, 6.45) is 8.13. The standard InChI is InChI=1S/C19H23N3OS.2ClH/c23-18(21-13-9-11-20-12-10-13)14-5-1-2-6-15(14)19-22-16-7-3-4-8-17(16)24-19;;/h1-4,7-8,13-15,20H,5-6,9-12H2,(H,21,23);2*1H. The van der Waals surface area contributed by atoms with E-state index in [-0.39, 0.29) is 42.6 Å². The highest BCUT2D eigenvalue weighted by atomic mass is 35.5. The minimum atomic E-state index is 0. The van der Waals surface area contributed by atoms with Crippen molar-refractivity contribution >= 4 is 52.3 Å². The van der Waals surface area contributed by atoms with Crippen LogP contribution >= 0.6 is 36.2 Å². The normalized spacial score (nSPS) is 23.1. The fraction of sp³-hybridized carbons (Fsp3) is 0.474. The molecule has 7 heteroatoms. The maximum absolute atomic E-state index is 12.9. The molecule has 2 N–H and O–H groups in total. The minimum Gasteiger partial charge on any atom is -0.353 e. The van der Waals surface area contributed by atoms with E-state index in [0.29, 0.717) is 6.04 Å². The molecule has 2 aliphatic rings. The van der Waals surface area contributed by atoms with Crippen LogP contribution in [0.3, 0.4) is 0 Å². The molecule has 1 aliphatic carbocycles. The van der Waals surface area contributed by atoms with Crippen molar-refractivity contribution in [1.29, 1.82) is 0 Å². The van der Waals surface area contributed by atoms with Gasteiger partial charge in [-0.05, 0) is 50.9 Å². The van der Waals surface area contributed by atoms with Gasteiger partial charge in [-0.2, -0.15) is 0 Å². The number of nitrogens with one attached hydrogen (secondary N) is 2. The SMILES string of the molecule is Cl.Cl.O=C(NC1CCNCC1)C1CC=CCC1c1nc2ccccc2s1. The number of amides is 1. The number of hydrogen-bond donors (Lipinski definition) is 2. The maximum atomic E-state index is 12.9. The van der Waals surface area contributed by atoms with Crippen LogP contribution in [-0.4, -0.2) is 30.0 Å². The molecule has 0 spiro atoms. The summed E-state index contributed by atoms with van der Waals surface area (Å²) in [5.41, 5.74) is 1.05. The van der Waals surface area contributed by atoms with Crippen molar-refractivity contribution in [3.8, 4) is 0 Å². The lowest BCUT2D eigenvalue weighted by Crippen LogP contribution is -2.46. The molecule has 1 aliphatic heterocycles. The lowest BCUT2D eigenvalue weighted by atomic mass is 9.82. The third kappa shape index (κ3) is 4.58. The van der Waals surface area contributed by atoms with Gasteiger partial charge in [0, 0.05) is 12.0 Å². The van der Waals surface area contributed by atoms with Gasteiger partial charge in [0.25, 0.3) is 0 Å². The number of aromatic nitrogens is 1. The first-order valence-electron chi connectivity index (χ1n) is 8.83. The van der Waals surface area contributed by atoms with Crippen molar-refractivity contribution < 1.29 is 4.79 Å². The smallest absolute Gasteiger partial charge is 0.224 e. The summed E-state index contributed by atoms with van der Waals surface area (Å²) < 4.78 is 1.21. The number of thiazole rings is 1. The number of carbonyl (C=O) groups excluding carboxylic acids is 1. The minimum absolute atomic E-state index is 0. The zero-order chi connectivity index (χ0) is 16.4. The van der Waals surface area contributed by atoms with E-state index in [2.05, 4.69) is 34.9 Å². The highest BCUT2D eigenvalue weighted by Gasteiger charge is 2.33. The molecule has 1 aromatic carbocycles. The third-order valence-corrected chi connectivity index (χ3v) is 6.25. The van der Waals surface area contributed by atoms with E-state index in [1.165, 1.54) is 4.70 Å². The van der Waals surface area contributed by atoms with E-state index in [4.69, 9.17) is 4.98 Å². The molecule has 142 valence electrons. The Labute approximate surface area is 170 Å². The first-order valence-corrected chi connectivity index (χ1v) is 9.64. The highest BCUT2D eigenvalue weighted by molar-refractivity contribution is 7.18. The van der Waals surface area contributed by atoms with Crippen LogP contribution in [0.5, 0.6) is 0 Å². The molecule has 1 amide bonds. The van der Waals surface area contributed by atoms with E-state index < -0.39 is 0 Å². The second-order valence-corrected chi connectivity index (χ2v) is 7.77. The van der Waals surface area contributed by atoms with Gasteiger partial charge in [0.05, 0.1) is 21.1 Å². The Balaban J connectivity index is 0.00000121. The molecular weight excluding hydrogens is 389 g/mol. The Morgan fingerprint density at radius 1 is 1.12 bits per heavy atom. The number of allylic oxidation sites excluding steroid dienone is 2. The molecule has 26 heavy (non-hydrogen) atoms. The number of halogens is 2. The Bertz CT molecular complexity index is 725. The molecule has 2 atom stereocenters. The lowest BCUT2D eigenvalue weighted by Gasteiger charge is -2.30. The third-order valence-electron chi connectivity index (χ3n) is 5.08. The lowest BCUT2D eigenvalue weighted by molar-refractivity contribution is -0.126. The zero-order valence-electron chi connectivity index (χ0n) is 14.5. The topological polar surface area (TPSA) is 54.0 Å². The Hall–Kier alpha value is -1.14. The van der Waals surface area contributed by atoms with Gasteiger partial charge in [0.1, 0.15) is 0 Å². The van der Waals surface area contributed by atoms with Gasteiger partial charge >= 0.3 is 0 Å². The van der Waals surface area contributed by atoms with E-state index in [1.54, 1.807) is 11.3 Å². The van der Waals surface area contributed by atoms with Crippen LogP contribution in [0.25, 0.3) is 10.2 Å². The molecule has 2 unspecified atom stereocenters. The molecular formula is C19H25Cl2N3OS. The summed E-state index contributed by atoms with van der Waals surface area (Å²) in [5.74, 6) is 0.412. The zero-order valence-corrected chi connectivity index (χ0v) is 17.0. The van der Waals surface area contributed by atoms with E-state index in [0.717, 1.165) is 49.3 Å².